The Morgan fingerprint density at radius 1 is 1.38 bits per heavy atom. The molecular weight excluding hydrogens is 304 g/mol. The zero-order valence-electron chi connectivity index (χ0n) is 12.4. The maximum atomic E-state index is 12.1. The van der Waals surface area contributed by atoms with Crippen LogP contribution in [0.5, 0.6) is 0 Å². The Hall–Kier alpha value is -0.720. The lowest BCUT2D eigenvalue weighted by Gasteiger charge is -2.27. The Labute approximate surface area is 131 Å². The third kappa shape index (κ3) is 5.88. The number of rotatable bonds is 6. The van der Waals surface area contributed by atoms with Gasteiger partial charge in [-0.1, -0.05) is 25.8 Å². The average Bonchev–Trinajstić information content (AvgIpc) is 2.38. The smallest absolute Gasteiger partial charge is 0.212 e. The Balaban J connectivity index is 1.78. The van der Waals surface area contributed by atoms with Crippen LogP contribution in [0.2, 0.25) is 0 Å². The lowest BCUT2D eigenvalue weighted by atomic mass is 9.88. The van der Waals surface area contributed by atoms with Crippen LogP contribution in [0.25, 0.3) is 0 Å². The topological polar surface area (TPSA) is 72.2 Å². The summed E-state index contributed by atoms with van der Waals surface area (Å²) in [5, 5.41) is 0. The van der Waals surface area contributed by atoms with Gasteiger partial charge in [-0.3, -0.25) is 0 Å². The highest BCUT2D eigenvalue weighted by Crippen LogP contribution is 2.24. The van der Waals surface area contributed by atoms with E-state index in [-0.39, 0.29) is 11.8 Å². The number of thioether (sulfide) groups is 1. The fraction of sp³-hybridized carbons (Fsp3) is 0.600. The highest BCUT2D eigenvalue weighted by Gasteiger charge is 2.23. The van der Waals surface area contributed by atoms with E-state index in [1.54, 1.807) is 0 Å². The van der Waals surface area contributed by atoms with Gasteiger partial charge in [-0.05, 0) is 37.0 Å². The first-order valence-electron chi connectivity index (χ1n) is 7.43. The van der Waals surface area contributed by atoms with Crippen molar-refractivity contribution in [3.05, 3.63) is 24.3 Å². The largest absolute Gasteiger partial charge is 0.399 e. The van der Waals surface area contributed by atoms with Crippen molar-refractivity contribution < 1.29 is 8.42 Å². The summed E-state index contributed by atoms with van der Waals surface area (Å²) in [6.07, 6.45) is 4.25. The fourth-order valence-electron chi connectivity index (χ4n) is 2.73. The standard InChI is InChI=1S/C15H24N2O2S2/c1-12-4-2-6-14(10-12)17-21(18,19)9-8-20-15-7-3-5-13(16)11-15/h3,5,7,11-12,14,17H,2,4,6,8-10,16H2,1H3. The van der Waals surface area contributed by atoms with Gasteiger partial charge in [0.15, 0.2) is 0 Å². The Morgan fingerprint density at radius 3 is 2.90 bits per heavy atom. The van der Waals surface area contributed by atoms with E-state index in [0.717, 1.165) is 24.2 Å². The molecule has 118 valence electrons. The molecule has 1 aromatic carbocycles. The van der Waals surface area contributed by atoms with E-state index in [2.05, 4.69) is 11.6 Å². The molecule has 2 unspecified atom stereocenters. The van der Waals surface area contributed by atoms with Gasteiger partial charge in [-0.15, -0.1) is 11.8 Å². The van der Waals surface area contributed by atoms with Gasteiger partial charge in [0.1, 0.15) is 0 Å². The summed E-state index contributed by atoms with van der Waals surface area (Å²) >= 11 is 1.52. The van der Waals surface area contributed by atoms with Crippen LogP contribution in [-0.4, -0.2) is 26.0 Å². The van der Waals surface area contributed by atoms with Gasteiger partial charge in [-0.25, -0.2) is 13.1 Å². The van der Waals surface area contributed by atoms with Crippen molar-refractivity contribution in [2.45, 2.75) is 43.5 Å². The molecule has 0 aliphatic heterocycles. The maximum absolute atomic E-state index is 12.1. The molecule has 3 N–H and O–H groups in total. The number of hydrogen-bond donors (Lipinski definition) is 2. The van der Waals surface area contributed by atoms with Crippen LogP contribution >= 0.6 is 11.8 Å². The molecule has 0 heterocycles. The normalized spacial score (nSPS) is 23.1. The summed E-state index contributed by atoms with van der Waals surface area (Å²) in [6, 6.07) is 7.65. The van der Waals surface area contributed by atoms with Gasteiger partial charge >= 0.3 is 0 Å². The van der Waals surface area contributed by atoms with Crippen LogP contribution in [-0.2, 0) is 10.0 Å². The number of nitrogen functional groups attached to an aromatic ring is 1. The zero-order valence-corrected chi connectivity index (χ0v) is 14.1. The maximum Gasteiger partial charge on any atom is 0.212 e. The summed E-state index contributed by atoms with van der Waals surface area (Å²) in [6.45, 7) is 2.19. The summed E-state index contributed by atoms with van der Waals surface area (Å²) in [4.78, 5) is 1.01. The van der Waals surface area contributed by atoms with E-state index in [9.17, 15) is 8.42 Å². The molecule has 0 aromatic heterocycles. The molecule has 1 aliphatic carbocycles. The van der Waals surface area contributed by atoms with E-state index < -0.39 is 10.0 Å². The van der Waals surface area contributed by atoms with Crippen LogP contribution in [0.1, 0.15) is 32.6 Å². The average molecular weight is 329 g/mol. The Kier molecular flexibility index (Phi) is 5.96. The lowest BCUT2D eigenvalue weighted by molar-refractivity contribution is 0.327. The Bertz CT molecular complexity index is 561. The molecule has 0 spiro atoms. The molecule has 1 aromatic rings. The molecule has 1 saturated carbocycles. The second-order valence-corrected chi connectivity index (χ2v) is 8.87. The van der Waals surface area contributed by atoms with Gasteiger partial charge in [-0.2, -0.15) is 0 Å². The zero-order chi connectivity index (χ0) is 15.3. The molecule has 1 aliphatic rings. The van der Waals surface area contributed by atoms with E-state index in [0.29, 0.717) is 17.4 Å². The van der Waals surface area contributed by atoms with Crippen molar-refractivity contribution in [2.24, 2.45) is 5.92 Å². The van der Waals surface area contributed by atoms with Crippen LogP contribution in [0.3, 0.4) is 0 Å². The van der Waals surface area contributed by atoms with Crippen LogP contribution in [0.15, 0.2) is 29.2 Å². The molecule has 21 heavy (non-hydrogen) atoms. The van der Waals surface area contributed by atoms with E-state index in [1.165, 1.54) is 18.2 Å². The molecule has 0 bridgehead atoms. The molecule has 0 amide bonds. The number of hydrogen-bond acceptors (Lipinski definition) is 4. The highest BCUT2D eigenvalue weighted by molar-refractivity contribution is 8.00. The lowest BCUT2D eigenvalue weighted by Crippen LogP contribution is -2.39. The van der Waals surface area contributed by atoms with Crippen molar-refractivity contribution in [1.29, 1.82) is 0 Å². The van der Waals surface area contributed by atoms with Crippen LogP contribution in [0.4, 0.5) is 5.69 Å². The minimum absolute atomic E-state index is 0.121. The van der Waals surface area contributed by atoms with Gasteiger partial charge in [0.05, 0.1) is 5.75 Å². The molecule has 0 radical (unpaired) electrons. The second-order valence-electron chi connectivity index (χ2n) is 5.83. The molecule has 4 nitrogen and oxygen atoms in total. The number of nitrogens with two attached hydrogens (primary N) is 1. The highest BCUT2D eigenvalue weighted by atomic mass is 32.2. The fourth-order valence-corrected chi connectivity index (χ4v) is 5.41. The molecule has 6 heteroatoms. The molecule has 0 saturated heterocycles. The summed E-state index contributed by atoms with van der Waals surface area (Å²) < 4.78 is 27.1. The van der Waals surface area contributed by atoms with E-state index >= 15 is 0 Å². The van der Waals surface area contributed by atoms with Crippen LogP contribution < -0.4 is 10.5 Å². The Morgan fingerprint density at radius 2 is 2.19 bits per heavy atom. The van der Waals surface area contributed by atoms with Gasteiger partial charge in [0, 0.05) is 22.4 Å². The van der Waals surface area contributed by atoms with Crippen molar-refractivity contribution in [2.75, 3.05) is 17.2 Å². The first kappa shape index (κ1) is 16.6. The van der Waals surface area contributed by atoms with E-state index in [4.69, 9.17) is 5.73 Å². The summed E-state index contributed by atoms with van der Waals surface area (Å²) in [5.41, 5.74) is 6.41. The summed E-state index contributed by atoms with van der Waals surface area (Å²) in [7, 11) is -3.19. The number of benzene rings is 1. The minimum atomic E-state index is -3.19. The van der Waals surface area contributed by atoms with E-state index in [1.807, 2.05) is 24.3 Å². The van der Waals surface area contributed by atoms with Gasteiger partial charge in [0.2, 0.25) is 10.0 Å². The predicted octanol–water partition coefficient (Wildman–Crippen LogP) is 2.86. The van der Waals surface area contributed by atoms with Gasteiger partial charge in [0.25, 0.3) is 0 Å². The predicted molar refractivity (Wildman–Crippen MR) is 89.9 cm³/mol. The van der Waals surface area contributed by atoms with Crippen molar-refractivity contribution >= 4 is 27.5 Å². The quantitative estimate of drug-likeness (QED) is 0.622. The monoisotopic (exact) mass is 328 g/mol. The third-order valence-corrected chi connectivity index (χ3v) is 6.45. The molecule has 2 atom stereocenters. The third-order valence-electron chi connectivity index (χ3n) is 3.76. The van der Waals surface area contributed by atoms with Gasteiger partial charge < -0.3 is 5.73 Å². The first-order valence-corrected chi connectivity index (χ1v) is 10.1. The van der Waals surface area contributed by atoms with Crippen LogP contribution in [0, 0.1) is 5.92 Å². The molecule has 1 fully saturated rings. The first-order chi connectivity index (χ1) is 9.94. The number of nitrogens with one attached hydrogen (secondary N) is 1. The SMILES string of the molecule is CC1CCCC(NS(=O)(=O)CCSc2cccc(N)c2)C1. The van der Waals surface area contributed by atoms with Crippen molar-refractivity contribution in [1.82, 2.24) is 4.72 Å². The minimum Gasteiger partial charge on any atom is -0.399 e. The molecule has 2 rings (SSSR count). The van der Waals surface area contributed by atoms with Crippen molar-refractivity contribution in [3.8, 4) is 0 Å². The van der Waals surface area contributed by atoms with Crippen molar-refractivity contribution in [3.63, 3.8) is 0 Å². The summed E-state index contributed by atoms with van der Waals surface area (Å²) in [5.74, 6) is 1.31. The number of sulfonamides is 1. The molecular formula is C15H24N2O2S2. The number of anilines is 1. The second kappa shape index (κ2) is 7.51.